The molecule has 1 atom stereocenters. The van der Waals surface area contributed by atoms with E-state index in [1.807, 2.05) is 19.2 Å². The van der Waals surface area contributed by atoms with Crippen LogP contribution in [0.2, 0.25) is 0 Å². The Kier molecular flexibility index (Phi) is 9.74. The number of hydrogen-bond donors (Lipinski definition) is 3. The van der Waals surface area contributed by atoms with Crippen molar-refractivity contribution in [3.05, 3.63) is 107 Å². The molecule has 1 aliphatic carbocycles. The van der Waals surface area contributed by atoms with Crippen molar-refractivity contribution in [1.29, 1.82) is 0 Å². The molecule has 3 nitrogen and oxygen atoms in total. The summed E-state index contributed by atoms with van der Waals surface area (Å²) in [5.41, 5.74) is 7.14. The van der Waals surface area contributed by atoms with Crippen LogP contribution in [0.4, 0.5) is 0 Å². The molecule has 0 heterocycles. The number of allylic oxidation sites excluding steroid dienone is 7. The number of aliphatic hydroxyl groups excluding tert-OH is 1. The van der Waals surface area contributed by atoms with Crippen LogP contribution in [0.25, 0.3) is 5.57 Å². The Morgan fingerprint density at radius 1 is 1.00 bits per heavy atom. The third-order valence-electron chi connectivity index (χ3n) is 6.28. The number of nitrogens with one attached hydrogen (secondary N) is 1. The first kappa shape index (κ1) is 24.8. The van der Waals surface area contributed by atoms with E-state index < -0.39 is 0 Å². The SMILES string of the molecule is CCC(CCNC)c1ccc(/C(=C(/CCCO)C2=CC=CCC=C2)c2ccc(O)cc2)cc1. The van der Waals surface area contributed by atoms with Crippen LogP contribution in [0, 0.1) is 0 Å². The lowest BCUT2D eigenvalue weighted by Gasteiger charge is -2.20. The van der Waals surface area contributed by atoms with Crippen LogP contribution in [-0.4, -0.2) is 30.4 Å². The summed E-state index contributed by atoms with van der Waals surface area (Å²) in [7, 11) is 2.00. The summed E-state index contributed by atoms with van der Waals surface area (Å²) >= 11 is 0. The normalized spacial score (nSPS) is 15.1. The van der Waals surface area contributed by atoms with Gasteiger partial charge in [0.15, 0.2) is 0 Å². The monoisotopic (exact) mass is 443 g/mol. The molecule has 1 unspecified atom stereocenters. The van der Waals surface area contributed by atoms with Crippen LogP contribution >= 0.6 is 0 Å². The summed E-state index contributed by atoms with van der Waals surface area (Å²) in [5.74, 6) is 0.802. The van der Waals surface area contributed by atoms with Crippen LogP contribution < -0.4 is 5.32 Å². The van der Waals surface area contributed by atoms with Gasteiger partial charge in [0.05, 0.1) is 0 Å². The summed E-state index contributed by atoms with van der Waals surface area (Å²) in [6, 6.07) is 16.4. The second kappa shape index (κ2) is 13.0. The molecule has 0 spiro atoms. The summed E-state index contributed by atoms with van der Waals surface area (Å²) in [4.78, 5) is 0. The van der Waals surface area contributed by atoms with E-state index in [9.17, 15) is 10.2 Å². The average molecular weight is 444 g/mol. The Bertz CT molecular complexity index is 995. The molecule has 0 amide bonds. The fourth-order valence-corrected chi connectivity index (χ4v) is 4.44. The first-order valence-corrected chi connectivity index (χ1v) is 12.1. The van der Waals surface area contributed by atoms with Crippen molar-refractivity contribution < 1.29 is 10.2 Å². The quantitative estimate of drug-likeness (QED) is 0.371. The topological polar surface area (TPSA) is 52.5 Å². The highest BCUT2D eigenvalue weighted by atomic mass is 16.3. The predicted molar refractivity (Wildman–Crippen MR) is 139 cm³/mol. The zero-order chi connectivity index (χ0) is 23.5. The molecule has 0 bridgehead atoms. The second-order valence-electron chi connectivity index (χ2n) is 8.54. The predicted octanol–water partition coefficient (Wildman–Crippen LogP) is 6.51. The Morgan fingerprint density at radius 3 is 2.33 bits per heavy atom. The minimum absolute atomic E-state index is 0.155. The van der Waals surface area contributed by atoms with Crippen molar-refractivity contribution in [2.24, 2.45) is 0 Å². The minimum atomic E-state index is 0.155. The van der Waals surface area contributed by atoms with Gasteiger partial charge >= 0.3 is 0 Å². The molecule has 2 aromatic carbocycles. The summed E-state index contributed by atoms with van der Waals surface area (Å²) in [6.45, 7) is 3.42. The maximum absolute atomic E-state index is 9.88. The van der Waals surface area contributed by atoms with E-state index in [0.29, 0.717) is 12.3 Å². The van der Waals surface area contributed by atoms with E-state index in [0.717, 1.165) is 48.9 Å². The van der Waals surface area contributed by atoms with Gasteiger partial charge in [-0.1, -0.05) is 73.7 Å². The Balaban J connectivity index is 2.13. The number of phenols is 1. The van der Waals surface area contributed by atoms with E-state index in [4.69, 9.17) is 0 Å². The highest BCUT2D eigenvalue weighted by Gasteiger charge is 2.16. The second-order valence-corrected chi connectivity index (χ2v) is 8.54. The van der Waals surface area contributed by atoms with Gasteiger partial charge in [0.1, 0.15) is 5.75 Å². The fraction of sp³-hybridized carbons (Fsp3) is 0.333. The minimum Gasteiger partial charge on any atom is -0.508 e. The molecule has 3 rings (SSSR count). The third-order valence-corrected chi connectivity index (χ3v) is 6.28. The van der Waals surface area contributed by atoms with Crippen molar-refractivity contribution >= 4 is 5.57 Å². The standard InChI is InChI=1S/C30H37NO2/c1-3-23(20-21-31-2)24-12-14-26(15-13-24)30(27-16-18-28(33)19-17-27)29(11-8-22-32)25-9-6-4-5-7-10-25/h4,6-7,9-10,12-19,23,31-33H,3,5,8,11,20-22H2,1-2H3/b30-29+. The first-order valence-electron chi connectivity index (χ1n) is 12.1. The van der Waals surface area contributed by atoms with Crippen molar-refractivity contribution in [3.63, 3.8) is 0 Å². The fourth-order valence-electron chi connectivity index (χ4n) is 4.44. The molecule has 0 aromatic heterocycles. The summed E-state index contributed by atoms with van der Waals surface area (Å²) in [6.07, 6.45) is 15.4. The van der Waals surface area contributed by atoms with Crippen molar-refractivity contribution in [2.75, 3.05) is 20.2 Å². The molecule has 0 aliphatic heterocycles. The lowest BCUT2D eigenvalue weighted by Crippen LogP contribution is -2.12. The number of rotatable bonds is 11. The number of aromatic hydroxyl groups is 1. The zero-order valence-corrected chi connectivity index (χ0v) is 19.9. The van der Waals surface area contributed by atoms with Gasteiger partial charge in [0.25, 0.3) is 0 Å². The zero-order valence-electron chi connectivity index (χ0n) is 19.9. The van der Waals surface area contributed by atoms with Crippen LogP contribution in [0.5, 0.6) is 5.75 Å². The van der Waals surface area contributed by atoms with Gasteiger partial charge < -0.3 is 15.5 Å². The molecule has 3 heteroatoms. The molecule has 0 saturated heterocycles. The van der Waals surface area contributed by atoms with Crippen LogP contribution in [0.1, 0.15) is 61.6 Å². The van der Waals surface area contributed by atoms with Gasteiger partial charge in [-0.15, -0.1) is 0 Å². The Hall–Kier alpha value is -2.88. The molecule has 3 N–H and O–H groups in total. The van der Waals surface area contributed by atoms with Gasteiger partial charge in [-0.05, 0) is 97.2 Å². The van der Waals surface area contributed by atoms with Gasteiger partial charge in [-0.25, -0.2) is 0 Å². The summed E-state index contributed by atoms with van der Waals surface area (Å²) < 4.78 is 0. The van der Waals surface area contributed by atoms with Gasteiger partial charge in [-0.2, -0.15) is 0 Å². The highest BCUT2D eigenvalue weighted by Crippen LogP contribution is 2.36. The molecule has 1 aliphatic rings. The molecular formula is C30H37NO2. The number of phenolic OH excluding ortho intramolecular Hbond substituents is 1. The third kappa shape index (κ3) is 6.80. The molecule has 2 aromatic rings. The molecule has 174 valence electrons. The van der Waals surface area contributed by atoms with Crippen LogP contribution in [0.15, 0.2) is 90.1 Å². The van der Waals surface area contributed by atoms with E-state index in [1.54, 1.807) is 12.1 Å². The number of aliphatic hydroxyl groups is 1. The van der Waals surface area contributed by atoms with E-state index >= 15 is 0 Å². The van der Waals surface area contributed by atoms with Crippen LogP contribution in [0.3, 0.4) is 0 Å². The maximum Gasteiger partial charge on any atom is 0.115 e. The summed E-state index contributed by atoms with van der Waals surface area (Å²) in [5, 5.41) is 22.8. The van der Waals surface area contributed by atoms with E-state index in [-0.39, 0.29) is 12.4 Å². The van der Waals surface area contributed by atoms with Crippen molar-refractivity contribution in [1.82, 2.24) is 5.32 Å². The molecular weight excluding hydrogens is 406 g/mol. The smallest absolute Gasteiger partial charge is 0.115 e. The number of hydrogen-bond acceptors (Lipinski definition) is 3. The average Bonchev–Trinajstić information content (AvgIpc) is 3.13. The molecule has 0 saturated carbocycles. The maximum atomic E-state index is 9.88. The van der Waals surface area contributed by atoms with Gasteiger partial charge in [0.2, 0.25) is 0 Å². The lowest BCUT2D eigenvalue weighted by atomic mass is 9.85. The Labute approximate surface area is 198 Å². The van der Waals surface area contributed by atoms with E-state index in [1.165, 1.54) is 16.7 Å². The molecule has 0 fully saturated rings. The largest absolute Gasteiger partial charge is 0.508 e. The Morgan fingerprint density at radius 2 is 1.70 bits per heavy atom. The van der Waals surface area contributed by atoms with E-state index in [2.05, 4.69) is 66.9 Å². The number of benzene rings is 2. The van der Waals surface area contributed by atoms with Gasteiger partial charge in [0, 0.05) is 6.61 Å². The lowest BCUT2D eigenvalue weighted by molar-refractivity contribution is 0.289. The van der Waals surface area contributed by atoms with Crippen molar-refractivity contribution in [2.45, 2.75) is 44.9 Å². The van der Waals surface area contributed by atoms with Crippen LogP contribution in [-0.2, 0) is 0 Å². The first-order chi connectivity index (χ1) is 16.2. The highest BCUT2D eigenvalue weighted by molar-refractivity contribution is 5.85. The van der Waals surface area contributed by atoms with Crippen molar-refractivity contribution in [3.8, 4) is 5.75 Å². The molecule has 33 heavy (non-hydrogen) atoms. The molecule has 0 radical (unpaired) electrons. The van der Waals surface area contributed by atoms with Gasteiger partial charge in [-0.3, -0.25) is 0 Å².